The number of aryl methyl sites for hydroxylation is 1. The second-order valence-electron chi connectivity index (χ2n) is 5.04. The van der Waals surface area contributed by atoms with Gasteiger partial charge in [0.25, 0.3) is 0 Å². The minimum absolute atomic E-state index is 0.0448. The molecule has 2 heteroatoms. The van der Waals surface area contributed by atoms with Crippen molar-refractivity contribution >= 4 is 5.97 Å². The molecule has 0 radical (unpaired) electrons. The molecule has 2 nitrogen and oxygen atoms in total. The molecule has 106 valence electrons. The normalized spacial score (nSPS) is 12.1. The van der Waals surface area contributed by atoms with Crippen LogP contribution in [0, 0.1) is 5.92 Å². The third-order valence-electron chi connectivity index (χ3n) is 3.41. The lowest BCUT2D eigenvalue weighted by Gasteiger charge is -2.15. The molecule has 0 heterocycles. The zero-order chi connectivity index (χ0) is 13.9. The summed E-state index contributed by atoms with van der Waals surface area (Å²) in [5.74, 6) is 0.413. The van der Waals surface area contributed by atoms with Crippen LogP contribution < -0.4 is 0 Å². The number of hydrogen-bond acceptors (Lipinski definition) is 2. The number of carbonyl (C=O) groups excluding carboxylic acids is 1. The van der Waals surface area contributed by atoms with Gasteiger partial charge in [0, 0.05) is 6.42 Å². The topological polar surface area (TPSA) is 26.3 Å². The van der Waals surface area contributed by atoms with Crippen molar-refractivity contribution in [3.63, 3.8) is 0 Å². The standard InChI is InChI=1S/C17H26O2/c1-3-5-9-16(14-17(18)19-4-2)13-12-15-10-7-6-8-11-15/h6-8,10-11,16H,3-5,9,12-14H2,1-2H3. The zero-order valence-corrected chi connectivity index (χ0v) is 12.2. The number of esters is 1. The molecule has 0 aromatic heterocycles. The molecule has 1 aromatic carbocycles. The maximum Gasteiger partial charge on any atom is 0.306 e. The van der Waals surface area contributed by atoms with Crippen LogP contribution in [0.15, 0.2) is 30.3 Å². The molecule has 1 aromatic rings. The van der Waals surface area contributed by atoms with Gasteiger partial charge in [-0.2, -0.15) is 0 Å². The molecule has 0 aliphatic carbocycles. The first-order valence-corrected chi connectivity index (χ1v) is 7.45. The summed E-state index contributed by atoms with van der Waals surface area (Å²) >= 11 is 0. The fraction of sp³-hybridized carbons (Fsp3) is 0.588. The lowest BCUT2D eigenvalue weighted by molar-refractivity contribution is -0.144. The van der Waals surface area contributed by atoms with Gasteiger partial charge in [0.1, 0.15) is 0 Å². The van der Waals surface area contributed by atoms with Crippen LogP contribution in [0.1, 0.15) is 51.5 Å². The Morgan fingerprint density at radius 3 is 2.53 bits per heavy atom. The highest BCUT2D eigenvalue weighted by molar-refractivity contribution is 5.69. The SMILES string of the molecule is CCCCC(CCc1ccccc1)CC(=O)OCC. The van der Waals surface area contributed by atoms with Crippen molar-refractivity contribution in [1.82, 2.24) is 0 Å². The summed E-state index contributed by atoms with van der Waals surface area (Å²) in [5, 5.41) is 0. The predicted molar refractivity (Wildman–Crippen MR) is 79.0 cm³/mol. The molecule has 0 fully saturated rings. The molecular weight excluding hydrogens is 236 g/mol. The quantitative estimate of drug-likeness (QED) is 0.617. The molecule has 0 saturated heterocycles. The lowest BCUT2D eigenvalue weighted by atomic mass is 9.92. The Morgan fingerprint density at radius 2 is 1.89 bits per heavy atom. The van der Waals surface area contributed by atoms with Crippen LogP contribution in [-0.4, -0.2) is 12.6 Å². The summed E-state index contributed by atoms with van der Waals surface area (Å²) < 4.78 is 5.07. The molecule has 0 saturated carbocycles. The van der Waals surface area contributed by atoms with Gasteiger partial charge in [-0.25, -0.2) is 0 Å². The second kappa shape index (κ2) is 9.60. The summed E-state index contributed by atoms with van der Waals surface area (Å²) in [6.07, 6.45) is 6.20. The Morgan fingerprint density at radius 1 is 1.16 bits per heavy atom. The summed E-state index contributed by atoms with van der Waals surface area (Å²) in [4.78, 5) is 11.6. The van der Waals surface area contributed by atoms with E-state index < -0.39 is 0 Å². The highest BCUT2D eigenvalue weighted by Crippen LogP contribution is 2.20. The largest absolute Gasteiger partial charge is 0.466 e. The number of rotatable bonds is 9. The van der Waals surface area contributed by atoms with E-state index in [1.54, 1.807) is 0 Å². The smallest absolute Gasteiger partial charge is 0.306 e. The van der Waals surface area contributed by atoms with Crippen LogP contribution in [0.4, 0.5) is 0 Å². The van der Waals surface area contributed by atoms with Gasteiger partial charge in [-0.3, -0.25) is 4.79 Å². The molecular formula is C17H26O2. The van der Waals surface area contributed by atoms with E-state index >= 15 is 0 Å². The Bertz CT molecular complexity index is 346. The lowest BCUT2D eigenvalue weighted by Crippen LogP contribution is -2.12. The van der Waals surface area contributed by atoms with Crippen LogP contribution in [0.25, 0.3) is 0 Å². The van der Waals surface area contributed by atoms with E-state index in [1.165, 1.54) is 18.4 Å². The van der Waals surface area contributed by atoms with Crippen LogP contribution >= 0.6 is 0 Å². The van der Waals surface area contributed by atoms with Crippen molar-refractivity contribution < 1.29 is 9.53 Å². The fourth-order valence-corrected chi connectivity index (χ4v) is 2.31. The van der Waals surface area contributed by atoms with E-state index in [0.29, 0.717) is 18.9 Å². The van der Waals surface area contributed by atoms with Crippen molar-refractivity contribution in [3.05, 3.63) is 35.9 Å². The van der Waals surface area contributed by atoms with E-state index in [0.717, 1.165) is 19.3 Å². The number of hydrogen-bond donors (Lipinski definition) is 0. The number of unbranched alkanes of at least 4 members (excludes halogenated alkanes) is 1. The first-order valence-electron chi connectivity index (χ1n) is 7.45. The molecule has 0 bridgehead atoms. The first-order chi connectivity index (χ1) is 9.26. The van der Waals surface area contributed by atoms with Gasteiger partial charge in [0.2, 0.25) is 0 Å². The molecule has 1 atom stereocenters. The van der Waals surface area contributed by atoms with Crippen LogP contribution in [0.5, 0.6) is 0 Å². The van der Waals surface area contributed by atoms with Crippen LogP contribution in [0.2, 0.25) is 0 Å². The zero-order valence-electron chi connectivity index (χ0n) is 12.2. The summed E-state index contributed by atoms with van der Waals surface area (Å²) in [6.45, 7) is 4.54. The van der Waals surface area contributed by atoms with E-state index in [9.17, 15) is 4.79 Å². The third-order valence-corrected chi connectivity index (χ3v) is 3.41. The summed E-state index contributed by atoms with van der Waals surface area (Å²) in [5.41, 5.74) is 1.35. The van der Waals surface area contributed by atoms with Crippen molar-refractivity contribution in [3.8, 4) is 0 Å². The number of carbonyl (C=O) groups is 1. The number of benzene rings is 1. The molecule has 0 spiro atoms. The van der Waals surface area contributed by atoms with Crippen LogP contribution in [0.3, 0.4) is 0 Å². The Kier molecular flexibility index (Phi) is 7.95. The maximum atomic E-state index is 11.6. The Balaban J connectivity index is 2.42. The number of ether oxygens (including phenoxy) is 1. The molecule has 1 rings (SSSR count). The maximum absolute atomic E-state index is 11.6. The van der Waals surface area contributed by atoms with Gasteiger partial charge in [-0.1, -0.05) is 50.1 Å². The van der Waals surface area contributed by atoms with E-state index in [1.807, 2.05) is 13.0 Å². The Labute approximate surface area is 117 Å². The van der Waals surface area contributed by atoms with Gasteiger partial charge < -0.3 is 4.74 Å². The van der Waals surface area contributed by atoms with Gasteiger partial charge in [-0.15, -0.1) is 0 Å². The third kappa shape index (κ3) is 7.00. The minimum Gasteiger partial charge on any atom is -0.466 e. The molecule has 19 heavy (non-hydrogen) atoms. The van der Waals surface area contributed by atoms with Gasteiger partial charge >= 0.3 is 5.97 Å². The van der Waals surface area contributed by atoms with Crippen LogP contribution in [-0.2, 0) is 16.0 Å². The molecule has 0 aliphatic heterocycles. The Hall–Kier alpha value is -1.31. The van der Waals surface area contributed by atoms with E-state index in [2.05, 4.69) is 31.2 Å². The molecule has 0 N–H and O–H groups in total. The van der Waals surface area contributed by atoms with Crippen molar-refractivity contribution in [2.24, 2.45) is 5.92 Å². The minimum atomic E-state index is -0.0448. The monoisotopic (exact) mass is 262 g/mol. The highest BCUT2D eigenvalue weighted by atomic mass is 16.5. The van der Waals surface area contributed by atoms with Crippen molar-refractivity contribution in [2.45, 2.75) is 52.4 Å². The second-order valence-corrected chi connectivity index (χ2v) is 5.04. The molecule has 0 aliphatic rings. The summed E-state index contributed by atoms with van der Waals surface area (Å²) in [7, 11) is 0. The van der Waals surface area contributed by atoms with Crippen molar-refractivity contribution in [2.75, 3.05) is 6.61 Å². The summed E-state index contributed by atoms with van der Waals surface area (Å²) in [6, 6.07) is 10.5. The molecule has 1 unspecified atom stereocenters. The first kappa shape index (κ1) is 15.7. The van der Waals surface area contributed by atoms with Gasteiger partial charge in [-0.05, 0) is 37.7 Å². The molecule has 0 amide bonds. The average molecular weight is 262 g/mol. The predicted octanol–water partition coefficient (Wildman–Crippen LogP) is 4.38. The highest BCUT2D eigenvalue weighted by Gasteiger charge is 2.14. The fourth-order valence-electron chi connectivity index (χ4n) is 2.31. The van der Waals surface area contributed by atoms with Gasteiger partial charge in [0.15, 0.2) is 0 Å². The van der Waals surface area contributed by atoms with E-state index in [-0.39, 0.29) is 5.97 Å². The van der Waals surface area contributed by atoms with E-state index in [4.69, 9.17) is 4.74 Å². The van der Waals surface area contributed by atoms with Gasteiger partial charge in [0.05, 0.1) is 6.61 Å². The van der Waals surface area contributed by atoms with Crippen molar-refractivity contribution in [1.29, 1.82) is 0 Å². The average Bonchev–Trinajstić information content (AvgIpc) is 2.43.